The van der Waals surface area contributed by atoms with Crippen LogP contribution in [0.2, 0.25) is 0 Å². The Morgan fingerprint density at radius 2 is 1.91 bits per heavy atom. The number of nitrogens with zero attached hydrogens (tertiary/aromatic N) is 2. The summed E-state index contributed by atoms with van der Waals surface area (Å²) >= 11 is 0. The molecule has 2 rings (SSSR count). The maximum atomic E-state index is 12.0. The van der Waals surface area contributed by atoms with Gasteiger partial charge < -0.3 is 14.5 Å². The molecule has 0 aromatic heterocycles. The first-order chi connectivity index (χ1) is 10.4. The van der Waals surface area contributed by atoms with Crippen LogP contribution in [-0.2, 0) is 10.0 Å². The van der Waals surface area contributed by atoms with Gasteiger partial charge in [-0.15, -0.1) is 0 Å². The molecule has 0 radical (unpaired) electrons. The maximum Gasteiger partial charge on any atom is 0.232 e. The van der Waals surface area contributed by atoms with Crippen molar-refractivity contribution in [2.75, 3.05) is 55.7 Å². The number of piperazine rings is 1. The highest BCUT2D eigenvalue weighted by atomic mass is 32.2. The molecule has 1 aromatic rings. The van der Waals surface area contributed by atoms with Gasteiger partial charge >= 0.3 is 0 Å². The van der Waals surface area contributed by atoms with Crippen molar-refractivity contribution in [3.8, 4) is 5.75 Å². The minimum absolute atomic E-state index is 0.106. The Labute approximate surface area is 133 Å². The third-order valence-corrected chi connectivity index (χ3v) is 5.27. The molecule has 0 spiro atoms. The quantitative estimate of drug-likeness (QED) is 0.860. The molecule has 0 unspecified atom stereocenters. The van der Waals surface area contributed by atoms with Crippen LogP contribution in [0.3, 0.4) is 0 Å². The summed E-state index contributed by atoms with van der Waals surface area (Å²) in [7, 11) is 0.321. The second-order valence-corrected chi connectivity index (χ2v) is 7.44. The van der Waals surface area contributed by atoms with Gasteiger partial charge in [-0.25, -0.2) is 8.42 Å². The number of hydrogen-bond donors (Lipinski definition) is 1. The average Bonchev–Trinajstić information content (AvgIpc) is 2.47. The number of nitrogens with one attached hydrogen (secondary N) is 1. The van der Waals surface area contributed by atoms with Crippen LogP contribution in [0.5, 0.6) is 5.75 Å². The Balaban J connectivity index is 2.22. The predicted molar refractivity (Wildman–Crippen MR) is 90.4 cm³/mol. The Kier molecular flexibility index (Phi) is 5.52. The lowest BCUT2D eigenvalue weighted by Gasteiger charge is -2.34. The first kappa shape index (κ1) is 16.9. The van der Waals surface area contributed by atoms with E-state index in [1.165, 1.54) is 0 Å². The molecule has 1 saturated heterocycles. The summed E-state index contributed by atoms with van der Waals surface area (Å²) in [5.74, 6) is 0.645. The van der Waals surface area contributed by atoms with Crippen LogP contribution >= 0.6 is 0 Å². The summed E-state index contributed by atoms with van der Waals surface area (Å²) in [6.07, 6.45) is 0.579. The largest absolute Gasteiger partial charge is 0.495 e. The molecule has 1 fully saturated rings. The van der Waals surface area contributed by atoms with Crippen LogP contribution in [0.1, 0.15) is 13.3 Å². The summed E-state index contributed by atoms with van der Waals surface area (Å²) in [6.45, 7) is 5.72. The molecule has 0 saturated carbocycles. The van der Waals surface area contributed by atoms with Gasteiger partial charge in [0.05, 0.1) is 18.6 Å². The fraction of sp³-hybridized carbons (Fsp3) is 0.600. The monoisotopic (exact) mass is 327 g/mol. The van der Waals surface area contributed by atoms with E-state index in [1.807, 2.05) is 25.1 Å². The summed E-state index contributed by atoms with van der Waals surface area (Å²) in [4.78, 5) is 4.54. The number of rotatable bonds is 6. The predicted octanol–water partition coefficient (Wildman–Crippen LogP) is 1.60. The van der Waals surface area contributed by atoms with E-state index < -0.39 is 10.0 Å². The van der Waals surface area contributed by atoms with Gasteiger partial charge in [0.15, 0.2) is 0 Å². The number of benzene rings is 1. The van der Waals surface area contributed by atoms with Gasteiger partial charge in [0.25, 0.3) is 0 Å². The normalized spacial score (nSPS) is 16.6. The van der Waals surface area contributed by atoms with Crippen LogP contribution in [-0.4, -0.2) is 59.4 Å². The van der Waals surface area contributed by atoms with Crippen molar-refractivity contribution >= 4 is 21.4 Å². The zero-order valence-corrected chi connectivity index (χ0v) is 14.3. The molecular weight excluding hydrogens is 302 g/mol. The number of likely N-dealkylation sites (N-methyl/N-ethyl adjacent to an activating group) is 1. The highest BCUT2D eigenvalue weighted by Gasteiger charge is 2.18. The molecule has 1 aliphatic heterocycles. The smallest absolute Gasteiger partial charge is 0.232 e. The molecule has 1 heterocycles. The first-order valence-electron chi connectivity index (χ1n) is 7.57. The van der Waals surface area contributed by atoms with E-state index in [0.29, 0.717) is 17.9 Å². The second kappa shape index (κ2) is 7.19. The van der Waals surface area contributed by atoms with Gasteiger partial charge in [0, 0.05) is 31.9 Å². The highest BCUT2D eigenvalue weighted by Crippen LogP contribution is 2.31. The highest BCUT2D eigenvalue weighted by molar-refractivity contribution is 7.92. The molecule has 0 bridgehead atoms. The Morgan fingerprint density at radius 3 is 2.50 bits per heavy atom. The number of sulfonamides is 1. The molecule has 1 aromatic carbocycles. The van der Waals surface area contributed by atoms with Crippen molar-refractivity contribution in [3.63, 3.8) is 0 Å². The molecule has 6 nitrogen and oxygen atoms in total. The maximum absolute atomic E-state index is 12.0. The Hall–Kier alpha value is -1.47. The van der Waals surface area contributed by atoms with Crippen molar-refractivity contribution in [2.24, 2.45) is 0 Å². The molecule has 0 aliphatic carbocycles. The SMILES string of the molecule is CCCS(=O)(=O)Nc1cc(N2CCN(C)CC2)ccc1OC. The van der Waals surface area contributed by atoms with Gasteiger partial charge in [-0.05, 0) is 31.7 Å². The molecular formula is C15H25N3O3S. The molecule has 22 heavy (non-hydrogen) atoms. The lowest BCUT2D eigenvalue weighted by atomic mass is 10.2. The summed E-state index contributed by atoms with van der Waals surface area (Å²) in [6, 6.07) is 5.65. The lowest BCUT2D eigenvalue weighted by molar-refractivity contribution is 0.313. The van der Waals surface area contributed by atoms with E-state index in [4.69, 9.17) is 4.74 Å². The van der Waals surface area contributed by atoms with Gasteiger partial charge in [0.1, 0.15) is 5.75 Å². The Bertz CT molecular complexity index is 596. The van der Waals surface area contributed by atoms with Crippen LogP contribution in [0.4, 0.5) is 11.4 Å². The summed E-state index contributed by atoms with van der Waals surface area (Å²) < 4.78 is 31.9. The molecule has 124 valence electrons. The number of ether oxygens (including phenoxy) is 1. The number of methoxy groups -OCH3 is 1. The second-order valence-electron chi connectivity index (χ2n) is 5.60. The van der Waals surface area contributed by atoms with E-state index in [0.717, 1.165) is 31.9 Å². The van der Waals surface area contributed by atoms with Crippen LogP contribution < -0.4 is 14.4 Å². The summed E-state index contributed by atoms with van der Waals surface area (Å²) in [5.41, 5.74) is 1.52. The lowest BCUT2D eigenvalue weighted by Crippen LogP contribution is -2.44. The summed E-state index contributed by atoms with van der Waals surface area (Å²) in [5, 5.41) is 0. The van der Waals surface area contributed by atoms with Crippen molar-refractivity contribution in [1.29, 1.82) is 0 Å². The minimum Gasteiger partial charge on any atom is -0.495 e. The average molecular weight is 327 g/mol. The fourth-order valence-corrected chi connectivity index (χ4v) is 3.66. The van der Waals surface area contributed by atoms with E-state index in [2.05, 4.69) is 21.6 Å². The van der Waals surface area contributed by atoms with E-state index in [-0.39, 0.29) is 5.75 Å². The van der Waals surface area contributed by atoms with Crippen molar-refractivity contribution in [3.05, 3.63) is 18.2 Å². The first-order valence-corrected chi connectivity index (χ1v) is 9.22. The van der Waals surface area contributed by atoms with E-state index in [9.17, 15) is 8.42 Å². The van der Waals surface area contributed by atoms with Gasteiger partial charge in [-0.3, -0.25) is 4.72 Å². The molecule has 7 heteroatoms. The third kappa shape index (κ3) is 4.27. The van der Waals surface area contributed by atoms with E-state index in [1.54, 1.807) is 7.11 Å². The van der Waals surface area contributed by atoms with Crippen LogP contribution in [0.25, 0.3) is 0 Å². The Morgan fingerprint density at radius 1 is 1.23 bits per heavy atom. The number of hydrogen-bond acceptors (Lipinski definition) is 5. The third-order valence-electron chi connectivity index (χ3n) is 3.79. The van der Waals surface area contributed by atoms with Crippen molar-refractivity contribution < 1.29 is 13.2 Å². The number of anilines is 2. The zero-order chi connectivity index (χ0) is 16.2. The topological polar surface area (TPSA) is 61.9 Å². The standard InChI is InChI=1S/C15H25N3O3S/c1-4-11-22(19,20)16-14-12-13(5-6-15(14)21-3)18-9-7-17(2)8-10-18/h5-6,12,16H,4,7-11H2,1-3H3. The van der Waals surface area contributed by atoms with Gasteiger partial charge in [0.2, 0.25) is 10.0 Å². The molecule has 1 aliphatic rings. The van der Waals surface area contributed by atoms with Gasteiger partial charge in [-0.2, -0.15) is 0 Å². The van der Waals surface area contributed by atoms with Crippen LogP contribution in [0, 0.1) is 0 Å². The molecule has 0 atom stereocenters. The minimum atomic E-state index is -3.33. The van der Waals surface area contributed by atoms with E-state index >= 15 is 0 Å². The van der Waals surface area contributed by atoms with Crippen LogP contribution in [0.15, 0.2) is 18.2 Å². The van der Waals surface area contributed by atoms with Gasteiger partial charge in [-0.1, -0.05) is 6.92 Å². The van der Waals surface area contributed by atoms with Crippen molar-refractivity contribution in [1.82, 2.24) is 4.90 Å². The zero-order valence-electron chi connectivity index (χ0n) is 13.5. The van der Waals surface area contributed by atoms with Crippen molar-refractivity contribution in [2.45, 2.75) is 13.3 Å². The fourth-order valence-electron chi connectivity index (χ4n) is 2.52. The molecule has 1 N–H and O–H groups in total. The molecule has 0 amide bonds.